The Kier molecular flexibility index (Phi) is 7.62. The molecule has 0 spiro atoms. The number of halogens is 1. The number of likely N-dealkylation sites (N-methyl/N-ethyl adjacent to an activating group) is 1. The highest BCUT2D eigenvalue weighted by molar-refractivity contribution is 6.32. The van der Waals surface area contributed by atoms with E-state index in [0.717, 1.165) is 0 Å². The van der Waals surface area contributed by atoms with E-state index in [9.17, 15) is 14.4 Å². The molecule has 1 aliphatic rings. The minimum atomic E-state index is -0.661. The Morgan fingerprint density at radius 2 is 1.96 bits per heavy atom. The van der Waals surface area contributed by atoms with E-state index in [1.54, 1.807) is 29.2 Å². The van der Waals surface area contributed by atoms with Crippen molar-refractivity contribution in [1.82, 2.24) is 9.80 Å². The normalized spacial score (nSPS) is 14.3. The van der Waals surface area contributed by atoms with E-state index in [-0.39, 0.29) is 12.5 Å². The number of hydrogen-bond acceptors (Lipinski definition) is 5. The van der Waals surface area contributed by atoms with Crippen molar-refractivity contribution in [3.05, 3.63) is 40.9 Å². The van der Waals surface area contributed by atoms with Crippen LogP contribution in [0.2, 0.25) is 5.02 Å². The topological polar surface area (TPSA) is 76.2 Å². The highest BCUT2D eigenvalue weighted by Gasteiger charge is 2.20. The first-order valence-corrected chi connectivity index (χ1v) is 8.54. The number of hydrogen-bond donors (Lipinski definition) is 0. The average Bonchev–Trinajstić information content (AvgIpc) is 2.66. The van der Waals surface area contributed by atoms with Crippen LogP contribution in [0.4, 0.5) is 0 Å². The number of carbonyl (C=O) groups is 3. The second-order valence-corrected chi connectivity index (χ2v) is 6.11. The van der Waals surface area contributed by atoms with E-state index < -0.39 is 18.5 Å². The summed E-state index contributed by atoms with van der Waals surface area (Å²) < 4.78 is 10.1. The van der Waals surface area contributed by atoms with Crippen LogP contribution in [0.1, 0.15) is 5.56 Å². The van der Waals surface area contributed by atoms with Crippen molar-refractivity contribution in [1.29, 1.82) is 0 Å². The van der Waals surface area contributed by atoms with Crippen LogP contribution in [0.15, 0.2) is 30.3 Å². The summed E-state index contributed by atoms with van der Waals surface area (Å²) in [4.78, 5) is 38.7. The summed E-state index contributed by atoms with van der Waals surface area (Å²) in [7, 11) is 1.49. The van der Waals surface area contributed by atoms with Crippen molar-refractivity contribution in [3.8, 4) is 0 Å². The molecular formula is C18H21ClN2O5. The molecule has 0 atom stereocenters. The van der Waals surface area contributed by atoms with E-state index in [0.29, 0.717) is 36.9 Å². The van der Waals surface area contributed by atoms with Crippen molar-refractivity contribution in [3.63, 3.8) is 0 Å². The van der Waals surface area contributed by atoms with Gasteiger partial charge in [-0.1, -0.05) is 29.8 Å². The lowest BCUT2D eigenvalue weighted by Gasteiger charge is -2.28. The molecule has 1 aromatic carbocycles. The maximum atomic E-state index is 12.1. The number of benzene rings is 1. The van der Waals surface area contributed by atoms with Gasteiger partial charge < -0.3 is 19.3 Å². The maximum absolute atomic E-state index is 12.1. The Labute approximate surface area is 157 Å². The predicted octanol–water partition coefficient (Wildman–Crippen LogP) is 1.21. The van der Waals surface area contributed by atoms with Crippen molar-refractivity contribution in [2.45, 2.75) is 0 Å². The van der Waals surface area contributed by atoms with Crippen molar-refractivity contribution >= 4 is 35.5 Å². The number of ether oxygens (including phenoxy) is 2. The molecule has 0 unspecified atom stereocenters. The standard InChI is InChI=1S/C18H21ClN2O5/c1-20(12-16(22)21-8-10-25-11-9-21)17(23)13-26-18(24)7-6-14-4-2-3-5-15(14)19/h2-7H,8-13H2,1H3/b7-6+. The van der Waals surface area contributed by atoms with Gasteiger partial charge in [-0.3, -0.25) is 9.59 Å². The number of morpholine rings is 1. The molecule has 26 heavy (non-hydrogen) atoms. The molecule has 140 valence electrons. The summed E-state index contributed by atoms with van der Waals surface area (Å²) in [6, 6.07) is 7.03. The fourth-order valence-electron chi connectivity index (χ4n) is 2.26. The zero-order chi connectivity index (χ0) is 18.9. The van der Waals surface area contributed by atoms with Crippen LogP contribution in [0.3, 0.4) is 0 Å². The van der Waals surface area contributed by atoms with Crippen LogP contribution in [0, 0.1) is 0 Å². The Bertz CT molecular complexity index is 686. The maximum Gasteiger partial charge on any atom is 0.331 e. The molecule has 1 heterocycles. The number of amides is 2. The van der Waals surface area contributed by atoms with Crippen LogP contribution in [-0.2, 0) is 23.9 Å². The smallest absolute Gasteiger partial charge is 0.331 e. The molecule has 1 aromatic rings. The summed E-state index contributed by atoms with van der Waals surface area (Å²) in [5.41, 5.74) is 0.672. The SMILES string of the molecule is CN(CC(=O)N1CCOCC1)C(=O)COC(=O)/C=C/c1ccccc1Cl. The highest BCUT2D eigenvalue weighted by atomic mass is 35.5. The molecule has 2 amide bonds. The Morgan fingerprint density at radius 3 is 2.65 bits per heavy atom. The molecule has 1 fully saturated rings. The molecule has 0 bridgehead atoms. The van der Waals surface area contributed by atoms with Crippen molar-refractivity contribution < 1.29 is 23.9 Å². The van der Waals surface area contributed by atoms with Crippen molar-refractivity contribution in [2.75, 3.05) is 46.5 Å². The highest BCUT2D eigenvalue weighted by Crippen LogP contribution is 2.16. The monoisotopic (exact) mass is 380 g/mol. The Balaban J connectivity index is 1.75. The summed E-state index contributed by atoms with van der Waals surface area (Å²) in [5.74, 6) is -1.27. The molecule has 1 saturated heterocycles. The third-order valence-corrected chi connectivity index (χ3v) is 4.15. The van der Waals surface area contributed by atoms with Gasteiger partial charge in [-0.15, -0.1) is 0 Å². The third-order valence-electron chi connectivity index (χ3n) is 3.80. The van der Waals surface area contributed by atoms with Gasteiger partial charge in [0.25, 0.3) is 5.91 Å². The van der Waals surface area contributed by atoms with Crippen LogP contribution in [0.25, 0.3) is 6.08 Å². The van der Waals surface area contributed by atoms with Crippen LogP contribution in [0.5, 0.6) is 0 Å². The molecule has 8 heteroatoms. The van der Waals surface area contributed by atoms with Crippen LogP contribution >= 0.6 is 11.6 Å². The number of nitrogens with zero attached hydrogens (tertiary/aromatic N) is 2. The summed E-state index contributed by atoms with van der Waals surface area (Å²) in [5, 5.41) is 0.508. The third kappa shape index (κ3) is 6.16. The zero-order valence-electron chi connectivity index (χ0n) is 14.5. The molecule has 0 radical (unpaired) electrons. The Morgan fingerprint density at radius 1 is 1.27 bits per heavy atom. The molecule has 0 saturated carbocycles. The van der Waals surface area contributed by atoms with Gasteiger partial charge in [-0.25, -0.2) is 4.79 Å². The molecule has 1 aliphatic heterocycles. The molecular weight excluding hydrogens is 360 g/mol. The summed E-state index contributed by atoms with van der Waals surface area (Å²) in [6.45, 7) is 1.54. The lowest BCUT2D eigenvalue weighted by Crippen LogP contribution is -2.46. The number of rotatable bonds is 6. The first kappa shape index (κ1) is 19.9. The summed E-state index contributed by atoms with van der Waals surface area (Å²) >= 11 is 5.98. The minimum Gasteiger partial charge on any atom is -0.452 e. The second kappa shape index (κ2) is 9.94. The van der Waals surface area contributed by atoms with Crippen LogP contribution in [-0.4, -0.2) is 74.1 Å². The fourth-order valence-corrected chi connectivity index (χ4v) is 2.46. The minimum absolute atomic E-state index is 0.0636. The lowest BCUT2D eigenvalue weighted by molar-refractivity contribution is -0.149. The molecule has 0 aromatic heterocycles. The average molecular weight is 381 g/mol. The van der Waals surface area contributed by atoms with Gasteiger partial charge in [0.2, 0.25) is 5.91 Å². The first-order valence-electron chi connectivity index (χ1n) is 8.16. The molecule has 2 rings (SSSR count). The van der Waals surface area contributed by atoms with Gasteiger partial charge in [-0.05, 0) is 17.7 Å². The van der Waals surface area contributed by atoms with E-state index in [2.05, 4.69) is 0 Å². The van der Waals surface area contributed by atoms with E-state index in [1.807, 2.05) is 0 Å². The van der Waals surface area contributed by atoms with E-state index in [1.165, 1.54) is 24.1 Å². The van der Waals surface area contributed by atoms with Gasteiger partial charge >= 0.3 is 5.97 Å². The van der Waals surface area contributed by atoms with Gasteiger partial charge in [-0.2, -0.15) is 0 Å². The Hall–Kier alpha value is -2.38. The van der Waals surface area contributed by atoms with Gasteiger partial charge in [0.05, 0.1) is 19.8 Å². The molecule has 0 N–H and O–H groups in total. The summed E-state index contributed by atoms with van der Waals surface area (Å²) in [6.07, 6.45) is 2.72. The fraction of sp³-hybridized carbons (Fsp3) is 0.389. The van der Waals surface area contributed by atoms with Crippen LogP contribution < -0.4 is 0 Å². The largest absolute Gasteiger partial charge is 0.452 e. The van der Waals surface area contributed by atoms with E-state index in [4.69, 9.17) is 21.1 Å². The first-order chi connectivity index (χ1) is 12.5. The molecule has 0 aliphatic carbocycles. The molecule has 7 nitrogen and oxygen atoms in total. The predicted molar refractivity (Wildman–Crippen MR) is 96.5 cm³/mol. The van der Waals surface area contributed by atoms with Gasteiger partial charge in [0, 0.05) is 31.2 Å². The number of carbonyl (C=O) groups excluding carboxylic acids is 3. The second-order valence-electron chi connectivity index (χ2n) is 5.71. The lowest BCUT2D eigenvalue weighted by atomic mass is 10.2. The van der Waals surface area contributed by atoms with Gasteiger partial charge in [0.1, 0.15) is 0 Å². The van der Waals surface area contributed by atoms with E-state index >= 15 is 0 Å². The zero-order valence-corrected chi connectivity index (χ0v) is 15.3. The van der Waals surface area contributed by atoms with Crippen molar-refractivity contribution in [2.24, 2.45) is 0 Å². The quantitative estimate of drug-likeness (QED) is 0.547. The van der Waals surface area contributed by atoms with Gasteiger partial charge in [0.15, 0.2) is 6.61 Å². The number of esters is 1.